The molecule has 0 aliphatic heterocycles. The molecule has 9 heteroatoms. The number of amides is 2. The zero-order valence-electron chi connectivity index (χ0n) is 21.7. The summed E-state index contributed by atoms with van der Waals surface area (Å²) in [4.78, 5) is 25.5. The lowest BCUT2D eigenvalue weighted by Gasteiger charge is -2.19. The molecule has 0 aromatic heterocycles. The third-order valence-electron chi connectivity index (χ3n) is 5.55. The van der Waals surface area contributed by atoms with Crippen LogP contribution in [0.5, 0.6) is 17.2 Å². The molecule has 0 saturated heterocycles. The average Bonchev–Trinajstić information content (AvgIpc) is 2.87. The summed E-state index contributed by atoms with van der Waals surface area (Å²) in [5.41, 5.74) is 3.16. The Labute approximate surface area is 222 Å². The number of benzene rings is 3. The Bertz CT molecular complexity index is 1270. The Morgan fingerprint density at radius 2 is 1.30 bits per heavy atom. The van der Waals surface area contributed by atoms with E-state index >= 15 is 0 Å². The first-order valence-corrected chi connectivity index (χ1v) is 11.9. The van der Waals surface area contributed by atoms with Gasteiger partial charge in [-0.15, -0.1) is 0 Å². The summed E-state index contributed by atoms with van der Waals surface area (Å²) in [6.07, 6.45) is 0. The summed E-state index contributed by atoms with van der Waals surface area (Å²) in [6, 6.07) is 17.6. The molecule has 0 aliphatic carbocycles. The van der Waals surface area contributed by atoms with E-state index in [9.17, 15) is 9.59 Å². The lowest BCUT2D eigenvalue weighted by Crippen LogP contribution is -2.34. The van der Waals surface area contributed by atoms with E-state index in [4.69, 9.17) is 26.4 Å². The normalized spacial score (nSPS) is 10.8. The molecule has 3 aromatic carbocycles. The van der Waals surface area contributed by atoms with Crippen molar-refractivity contribution in [2.75, 3.05) is 32.0 Å². The second-order valence-electron chi connectivity index (χ2n) is 9.18. The fourth-order valence-electron chi connectivity index (χ4n) is 3.55. The summed E-state index contributed by atoms with van der Waals surface area (Å²) >= 11 is 5.32. The van der Waals surface area contributed by atoms with Gasteiger partial charge in [-0.3, -0.25) is 14.9 Å². The van der Waals surface area contributed by atoms with Crippen molar-refractivity contribution in [3.8, 4) is 17.2 Å². The van der Waals surface area contributed by atoms with Gasteiger partial charge in [0.05, 0.1) is 21.3 Å². The Hall–Kier alpha value is -4.11. The first-order chi connectivity index (χ1) is 17.5. The van der Waals surface area contributed by atoms with Crippen molar-refractivity contribution in [2.24, 2.45) is 0 Å². The quantitative estimate of drug-likeness (QED) is 0.359. The van der Waals surface area contributed by atoms with E-state index in [0.29, 0.717) is 34.2 Å². The minimum atomic E-state index is -0.458. The standard InChI is InChI=1S/C28H31N3O5S/c1-28(2,3)19-12-10-17(11-13-19)25(32)29-20-8-7-9-21(16-20)30-27(37)31-26(33)18-14-22(34-4)24(36-6)23(15-18)35-5/h7-16H,1-6H3,(H,29,32)(H2,30,31,33,37). The minimum Gasteiger partial charge on any atom is -0.493 e. The summed E-state index contributed by atoms with van der Waals surface area (Å²) in [5.74, 6) is 0.395. The lowest BCUT2D eigenvalue weighted by molar-refractivity contribution is 0.0975. The summed E-state index contributed by atoms with van der Waals surface area (Å²) in [5, 5.41) is 8.56. The molecular weight excluding hydrogens is 490 g/mol. The molecule has 3 rings (SSSR count). The maximum Gasteiger partial charge on any atom is 0.257 e. The fourth-order valence-corrected chi connectivity index (χ4v) is 3.76. The molecule has 0 spiro atoms. The van der Waals surface area contributed by atoms with E-state index in [1.54, 1.807) is 24.3 Å². The van der Waals surface area contributed by atoms with Crippen LogP contribution in [0.15, 0.2) is 60.7 Å². The van der Waals surface area contributed by atoms with Gasteiger partial charge in [0.15, 0.2) is 16.6 Å². The maximum atomic E-state index is 12.8. The molecule has 2 amide bonds. The van der Waals surface area contributed by atoms with Crippen LogP contribution in [0.25, 0.3) is 0 Å². The van der Waals surface area contributed by atoms with E-state index in [-0.39, 0.29) is 22.0 Å². The summed E-state index contributed by atoms with van der Waals surface area (Å²) in [6.45, 7) is 6.37. The van der Waals surface area contributed by atoms with E-state index < -0.39 is 5.91 Å². The van der Waals surface area contributed by atoms with Crippen molar-refractivity contribution in [3.05, 3.63) is 77.4 Å². The molecule has 8 nitrogen and oxygen atoms in total. The topological polar surface area (TPSA) is 97.9 Å². The number of hydrogen-bond acceptors (Lipinski definition) is 6. The molecule has 194 valence electrons. The first-order valence-electron chi connectivity index (χ1n) is 11.5. The number of anilines is 2. The predicted octanol–water partition coefficient (Wildman–Crippen LogP) is 5.39. The molecule has 0 heterocycles. The molecule has 0 unspecified atom stereocenters. The molecule has 0 radical (unpaired) electrons. The van der Waals surface area contributed by atoms with Gasteiger partial charge in [-0.1, -0.05) is 39.0 Å². The number of carbonyl (C=O) groups excluding carboxylic acids is 2. The molecule has 0 bridgehead atoms. The molecule has 0 saturated carbocycles. The van der Waals surface area contributed by atoms with Crippen LogP contribution in [0.2, 0.25) is 0 Å². The maximum absolute atomic E-state index is 12.8. The molecular formula is C28H31N3O5S. The van der Waals surface area contributed by atoms with Gasteiger partial charge in [-0.2, -0.15) is 0 Å². The molecule has 37 heavy (non-hydrogen) atoms. The van der Waals surface area contributed by atoms with Crippen molar-refractivity contribution in [1.82, 2.24) is 5.32 Å². The SMILES string of the molecule is COc1cc(C(=O)NC(=S)Nc2cccc(NC(=O)c3ccc(C(C)(C)C)cc3)c2)cc(OC)c1OC. The summed E-state index contributed by atoms with van der Waals surface area (Å²) in [7, 11) is 4.42. The summed E-state index contributed by atoms with van der Waals surface area (Å²) < 4.78 is 15.9. The molecule has 0 atom stereocenters. The van der Waals surface area contributed by atoms with Crippen molar-refractivity contribution in [1.29, 1.82) is 0 Å². The smallest absolute Gasteiger partial charge is 0.257 e. The van der Waals surface area contributed by atoms with Crippen LogP contribution < -0.4 is 30.2 Å². The number of methoxy groups -OCH3 is 3. The lowest BCUT2D eigenvalue weighted by atomic mass is 9.87. The van der Waals surface area contributed by atoms with Crippen molar-refractivity contribution in [2.45, 2.75) is 26.2 Å². The molecule has 3 aromatic rings. The highest BCUT2D eigenvalue weighted by Gasteiger charge is 2.18. The van der Waals surface area contributed by atoms with E-state index in [1.807, 2.05) is 24.3 Å². The molecule has 0 aliphatic rings. The van der Waals surface area contributed by atoms with Crippen molar-refractivity contribution in [3.63, 3.8) is 0 Å². The number of ether oxygens (including phenoxy) is 3. The first kappa shape index (κ1) is 27.5. The third-order valence-corrected chi connectivity index (χ3v) is 5.75. The number of hydrogen-bond donors (Lipinski definition) is 3. The van der Waals surface area contributed by atoms with Gasteiger partial charge in [-0.05, 0) is 65.7 Å². The highest BCUT2D eigenvalue weighted by Crippen LogP contribution is 2.38. The monoisotopic (exact) mass is 521 g/mol. The number of nitrogens with one attached hydrogen (secondary N) is 3. The van der Waals surface area contributed by atoms with Gasteiger partial charge in [-0.25, -0.2) is 0 Å². The van der Waals surface area contributed by atoms with Crippen LogP contribution in [0.1, 0.15) is 47.1 Å². The van der Waals surface area contributed by atoms with Crippen LogP contribution in [-0.4, -0.2) is 38.3 Å². The van der Waals surface area contributed by atoms with Crippen LogP contribution >= 0.6 is 12.2 Å². The second kappa shape index (κ2) is 11.7. The largest absolute Gasteiger partial charge is 0.493 e. The van der Waals surface area contributed by atoms with Crippen molar-refractivity contribution < 1.29 is 23.8 Å². The Balaban J connectivity index is 1.66. The highest BCUT2D eigenvalue weighted by atomic mass is 32.1. The van der Waals surface area contributed by atoms with E-state index in [2.05, 4.69) is 36.7 Å². The van der Waals surface area contributed by atoms with Crippen LogP contribution in [0.3, 0.4) is 0 Å². The second-order valence-corrected chi connectivity index (χ2v) is 9.59. The van der Waals surface area contributed by atoms with Crippen LogP contribution in [0.4, 0.5) is 11.4 Å². The Kier molecular flexibility index (Phi) is 8.73. The van der Waals surface area contributed by atoms with Gasteiger partial charge < -0.3 is 24.8 Å². The van der Waals surface area contributed by atoms with E-state index in [1.165, 1.54) is 33.5 Å². The van der Waals surface area contributed by atoms with Gasteiger partial charge in [0.2, 0.25) is 5.75 Å². The Morgan fingerprint density at radius 1 is 0.730 bits per heavy atom. The average molecular weight is 522 g/mol. The van der Waals surface area contributed by atoms with Gasteiger partial charge in [0.25, 0.3) is 11.8 Å². The molecule has 3 N–H and O–H groups in total. The van der Waals surface area contributed by atoms with Crippen molar-refractivity contribution >= 4 is 40.5 Å². The molecule has 0 fully saturated rings. The zero-order chi connectivity index (χ0) is 27.2. The zero-order valence-corrected chi connectivity index (χ0v) is 22.5. The van der Waals surface area contributed by atoms with Crippen LogP contribution in [-0.2, 0) is 5.41 Å². The van der Waals surface area contributed by atoms with Gasteiger partial charge >= 0.3 is 0 Å². The van der Waals surface area contributed by atoms with Crippen LogP contribution in [0, 0.1) is 0 Å². The van der Waals surface area contributed by atoms with E-state index in [0.717, 1.165) is 5.56 Å². The minimum absolute atomic E-state index is 0.00829. The fraction of sp³-hybridized carbons (Fsp3) is 0.250. The van der Waals surface area contributed by atoms with Gasteiger partial charge in [0, 0.05) is 22.5 Å². The Morgan fingerprint density at radius 3 is 1.81 bits per heavy atom. The highest BCUT2D eigenvalue weighted by molar-refractivity contribution is 7.80. The number of thiocarbonyl (C=S) groups is 1. The third kappa shape index (κ3) is 6.98. The van der Waals surface area contributed by atoms with Gasteiger partial charge in [0.1, 0.15) is 0 Å². The predicted molar refractivity (Wildman–Crippen MR) is 149 cm³/mol. The number of carbonyl (C=O) groups is 2. The number of rotatable bonds is 7.